The van der Waals surface area contributed by atoms with Crippen LogP contribution in [0.15, 0.2) is 18.2 Å². The van der Waals surface area contributed by atoms with Gasteiger partial charge in [0.05, 0.1) is 20.1 Å². The summed E-state index contributed by atoms with van der Waals surface area (Å²) < 4.78 is 11.0. The van der Waals surface area contributed by atoms with Crippen molar-refractivity contribution in [2.45, 2.75) is 38.0 Å². The first-order valence-electron chi connectivity index (χ1n) is 10.4. The topological polar surface area (TPSA) is 59.1 Å². The first-order valence-corrected chi connectivity index (χ1v) is 10.4. The molecular formula is C22H30N2O4. The van der Waals surface area contributed by atoms with E-state index in [1.165, 1.54) is 6.42 Å². The van der Waals surface area contributed by atoms with Crippen molar-refractivity contribution in [2.75, 3.05) is 40.4 Å². The number of nitrogens with zero attached hydrogens (tertiary/aromatic N) is 2. The Morgan fingerprint density at radius 1 is 0.929 bits per heavy atom. The van der Waals surface area contributed by atoms with Gasteiger partial charge in [-0.1, -0.05) is 0 Å². The first-order chi connectivity index (χ1) is 13.6. The largest absolute Gasteiger partial charge is 0.497 e. The van der Waals surface area contributed by atoms with Crippen molar-refractivity contribution in [3.05, 3.63) is 23.8 Å². The number of amides is 2. The molecule has 0 spiro atoms. The highest BCUT2D eigenvalue weighted by Crippen LogP contribution is 2.42. The van der Waals surface area contributed by atoms with Gasteiger partial charge in [0.1, 0.15) is 11.5 Å². The molecule has 2 saturated heterocycles. The summed E-state index contributed by atoms with van der Waals surface area (Å²) in [5.41, 5.74) is 0.961. The molecule has 1 saturated carbocycles. The number of hydrogen-bond donors (Lipinski definition) is 0. The van der Waals surface area contributed by atoms with E-state index in [0.717, 1.165) is 55.8 Å². The second-order valence-corrected chi connectivity index (χ2v) is 8.22. The van der Waals surface area contributed by atoms with Crippen molar-refractivity contribution in [3.63, 3.8) is 0 Å². The number of ether oxygens (including phenoxy) is 2. The highest BCUT2D eigenvalue weighted by Gasteiger charge is 2.45. The first kappa shape index (κ1) is 19.1. The molecule has 2 aliphatic heterocycles. The summed E-state index contributed by atoms with van der Waals surface area (Å²) in [7, 11) is 3.29. The van der Waals surface area contributed by atoms with E-state index in [4.69, 9.17) is 9.47 Å². The molecule has 0 bridgehead atoms. The minimum absolute atomic E-state index is 0.0674. The predicted octanol–water partition coefficient (Wildman–Crippen LogP) is 2.67. The molecule has 0 aromatic heterocycles. The van der Waals surface area contributed by atoms with Crippen LogP contribution in [-0.4, -0.2) is 62.0 Å². The summed E-state index contributed by atoms with van der Waals surface area (Å²) in [6.45, 7) is 2.74. The van der Waals surface area contributed by atoms with E-state index in [-0.39, 0.29) is 29.6 Å². The third-order valence-electron chi connectivity index (χ3n) is 6.38. The van der Waals surface area contributed by atoms with Gasteiger partial charge >= 0.3 is 0 Å². The number of hydrogen-bond acceptors (Lipinski definition) is 4. The van der Waals surface area contributed by atoms with Crippen LogP contribution in [0.5, 0.6) is 11.5 Å². The summed E-state index contributed by atoms with van der Waals surface area (Å²) in [6.07, 6.45) is 5.28. The van der Waals surface area contributed by atoms with Gasteiger partial charge in [0.2, 0.25) is 11.8 Å². The molecule has 2 atom stereocenters. The smallest absolute Gasteiger partial charge is 0.228 e. The minimum atomic E-state index is -0.221. The van der Waals surface area contributed by atoms with Gasteiger partial charge in [-0.05, 0) is 50.3 Å². The Morgan fingerprint density at radius 3 is 2.32 bits per heavy atom. The maximum atomic E-state index is 13.4. The molecule has 0 radical (unpaired) electrons. The summed E-state index contributed by atoms with van der Waals surface area (Å²) in [5.74, 6) is 1.76. The van der Waals surface area contributed by atoms with Gasteiger partial charge in [-0.15, -0.1) is 0 Å². The monoisotopic (exact) mass is 386 g/mol. The quantitative estimate of drug-likeness (QED) is 0.781. The zero-order valence-electron chi connectivity index (χ0n) is 16.9. The number of benzene rings is 1. The molecule has 1 aromatic carbocycles. The molecule has 0 N–H and O–H groups in total. The van der Waals surface area contributed by atoms with E-state index in [2.05, 4.69) is 0 Å². The van der Waals surface area contributed by atoms with E-state index >= 15 is 0 Å². The van der Waals surface area contributed by atoms with Gasteiger partial charge < -0.3 is 19.3 Å². The molecule has 2 amide bonds. The Balaban J connectivity index is 1.65. The second kappa shape index (κ2) is 8.02. The number of carbonyl (C=O) groups excluding carboxylic acids is 2. The molecule has 0 unspecified atom stereocenters. The molecule has 6 heteroatoms. The lowest BCUT2D eigenvalue weighted by molar-refractivity contribution is -0.137. The van der Waals surface area contributed by atoms with Gasteiger partial charge in [-0.2, -0.15) is 0 Å². The Hall–Kier alpha value is -2.24. The molecule has 3 aliphatic rings. The number of carbonyl (C=O) groups is 2. The van der Waals surface area contributed by atoms with E-state index in [1.54, 1.807) is 14.2 Å². The van der Waals surface area contributed by atoms with Gasteiger partial charge in [0.25, 0.3) is 0 Å². The Morgan fingerprint density at radius 2 is 1.68 bits per heavy atom. The molecule has 3 fully saturated rings. The highest BCUT2D eigenvalue weighted by molar-refractivity contribution is 5.85. The van der Waals surface area contributed by atoms with Crippen molar-refractivity contribution in [1.29, 1.82) is 0 Å². The van der Waals surface area contributed by atoms with E-state index in [0.29, 0.717) is 13.1 Å². The van der Waals surface area contributed by atoms with Crippen LogP contribution in [0.1, 0.15) is 43.6 Å². The van der Waals surface area contributed by atoms with Crippen LogP contribution < -0.4 is 9.47 Å². The minimum Gasteiger partial charge on any atom is -0.497 e. The van der Waals surface area contributed by atoms with Crippen LogP contribution in [-0.2, 0) is 9.59 Å². The molecule has 1 aliphatic carbocycles. The standard InChI is InChI=1S/C22H30N2O4/c1-27-16-8-9-20(28-2)17(12-16)18-13-24(21(25)15-6-7-15)14-19(18)22(26)23-10-4-3-5-11-23/h8-9,12,15,18-19H,3-7,10-11,13-14H2,1-2H3/t18-,19-/m0/s1. The zero-order chi connectivity index (χ0) is 19.7. The number of rotatable bonds is 5. The Labute approximate surface area is 166 Å². The average molecular weight is 386 g/mol. The molecule has 28 heavy (non-hydrogen) atoms. The van der Waals surface area contributed by atoms with Crippen molar-refractivity contribution in [3.8, 4) is 11.5 Å². The fourth-order valence-corrected chi connectivity index (χ4v) is 4.62. The van der Waals surface area contributed by atoms with Crippen LogP contribution in [0.4, 0.5) is 0 Å². The molecule has 2 heterocycles. The third-order valence-corrected chi connectivity index (χ3v) is 6.38. The number of likely N-dealkylation sites (tertiary alicyclic amines) is 2. The maximum Gasteiger partial charge on any atom is 0.228 e. The van der Waals surface area contributed by atoms with Crippen molar-refractivity contribution >= 4 is 11.8 Å². The van der Waals surface area contributed by atoms with Crippen LogP contribution in [0.25, 0.3) is 0 Å². The van der Waals surface area contributed by atoms with E-state index in [9.17, 15) is 9.59 Å². The Bertz CT molecular complexity index is 740. The van der Waals surface area contributed by atoms with Crippen molar-refractivity contribution in [2.24, 2.45) is 11.8 Å². The molecule has 152 valence electrons. The number of methoxy groups -OCH3 is 2. The van der Waals surface area contributed by atoms with Gasteiger partial charge in [-0.25, -0.2) is 0 Å². The lowest BCUT2D eigenvalue weighted by Gasteiger charge is -2.31. The van der Waals surface area contributed by atoms with Gasteiger partial charge in [0, 0.05) is 43.6 Å². The average Bonchev–Trinajstić information content (AvgIpc) is 3.51. The van der Waals surface area contributed by atoms with Gasteiger partial charge in [-0.3, -0.25) is 9.59 Å². The van der Waals surface area contributed by atoms with Crippen LogP contribution in [0.2, 0.25) is 0 Å². The molecule has 6 nitrogen and oxygen atoms in total. The van der Waals surface area contributed by atoms with Crippen LogP contribution in [0, 0.1) is 11.8 Å². The van der Waals surface area contributed by atoms with Crippen LogP contribution >= 0.6 is 0 Å². The number of piperidine rings is 1. The van der Waals surface area contributed by atoms with Crippen molar-refractivity contribution in [1.82, 2.24) is 9.80 Å². The zero-order valence-corrected chi connectivity index (χ0v) is 16.9. The van der Waals surface area contributed by atoms with E-state index in [1.807, 2.05) is 28.0 Å². The fourth-order valence-electron chi connectivity index (χ4n) is 4.62. The summed E-state index contributed by atoms with van der Waals surface area (Å²) in [5, 5.41) is 0. The molecule has 4 rings (SSSR count). The lowest BCUT2D eigenvalue weighted by Crippen LogP contribution is -2.42. The fraction of sp³-hybridized carbons (Fsp3) is 0.636. The summed E-state index contributed by atoms with van der Waals surface area (Å²) >= 11 is 0. The maximum absolute atomic E-state index is 13.4. The summed E-state index contributed by atoms with van der Waals surface area (Å²) in [6, 6.07) is 5.72. The lowest BCUT2D eigenvalue weighted by atomic mass is 9.86. The summed E-state index contributed by atoms with van der Waals surface area (Å²) in [4.78, 5) is 30.1. The third kappa shape index (κ3) is 3.69. The van der Waals surface area contributed by atoms with E-state index < -0.39 is 0 Å². The second-order valence-electron chi connectivity index (χ2n) is 8.22. The molecular weight excluding hydrogens is 356 g/mol. The Kier molecular flexibility index (Phi) is 5.47. The van der Waals surface area contributed by atoms with Crippen LogP contribution in [0.3, 0.4) is 0 Å². The van der Waals surface area contributed by atoms with Gasteiger partial charge in [0.15, 0.2) is 0 Å². The SMILES string of the molecule is COc1ccc(OC)c([C@@H]2CN(C(=O)C3CC3)C[C@@H]2C(=O)N2CCCCC2)c1. The highest BCUT2D eigenvalue weighted by atomic mass is 16.5. The predicted molar refractivity (Wildman–Crippen MR) is 106 cm³/mol. The molecule has 1 aromatic rings. The van der Waals surface area contributed by atoms with Crippen molar-refractivity contribution < 1.29 is 19.1 Å². The normalized spacial score (nSPS) is 24.9.